The maximum Gasteiger partial charge on any atom is 0.161 e. The molecule has 3 aliphatic heterocycles. The molecule has 92 valence electrons. The Kier molecular flexibility index (Phi) is 2.85. The van der Waals surface area contributed by atoms with E-state index in [2.05, 4.69) is 18.7 Å². The molecule has 3 atom stereocenters. The van der Waals surface area contributed by atoms with Crippen molar-refractivity contribution in [1.82, 2.24) is 4.90 Å². The lowest BCUT2D eigenvalue weighted by Crippen LogP contribution is -2.73. The number of carbonyl (C=O) groups excluding carboxylic acids is 1. The lowest BCUT2D eigenvalue weighted by atomic mass is 9.62. The van der Waals surface area contributed by atoms with Crippen LogP contribution in [0.2, 0.25) is 0 Å². The molecule has 4 heteroatoms. The number of aliphatic hydroxyl groups is 1. The number of ether oxygens (including phenoxy) is 1. The molecule has 0 aromatic rings. The predicted octanol–water partition coefficient (Wildman–Crippen LogP) is 0.295. The molecule has 1 N–H and O–H groups in total. The van der Waals surface area contributed by atoms with Crippen LogP contribution in [-0.2, 0) is 9.53 Å². The average molecular weight is 227 g/mol. The van der Waals surface area contributed by atoms with Gasteiger partial charge in [-0.2, -0.15) is 0 Å². The quantitative estimate of drug-likeness (QED) is 0.753. The standard InChI is InChI=1S/C12H21NO3/c1-11(2)6-13-5-4-9(11)10(15)12(13,7-14)8-16-3/h9,14H,4-8H2,1-3H3/t9-,12-/m0/s1. The molecule has 0 aromatic carbocycles. The van der Waals surface area contributed by atoms with Crippen LogP contribution < -0.4 is 0 Å². The number of piperidine rings is 3. The Morgan fingerprint density at radius 1 is 1.56 bits per heavy atom. The van der Waals surface area contributed by atoms with Crippen molar-refractivity contribution in [3.05, 3.63) is 0 Å². The molecule has 0 amide bonds. The van der Waals surface area contributed by atoms with Crippen LogP contribution in [0.5, 0.6) is 0 Å². The molecule has 3 saturated heterocycles. The third-order valence-corrected chi connectivity index (χ3v) is 4.25. The molecule has 0 spiro atoms. The van der Waals surface area contributed by atoms with Gasteiger partial charge in [-0.15, -0.1) is 0 Å². The molecule has 3 aliphatic rings. The minimum atomic E-state index is -0.771. The van der Waals surface area contributed by atoms with Gasteiger partial charge in [-0.05, 0) is 11.8 Å². The maximum absolute atomic E-state index is 12.5. The molecule has 0 aliphatic carbocycles. The topological polar surface area (TPSA) is 49.8 Å². The fourth-order valence-corrected chi connectivity index (χ4v) is 3.31. The Balaban J connectivity index is 2.34. The molecule has 0 aromatic heterocycles. The van der Waals surface area contributed by atoms with E-state index in [1.165, 1.54) is 0 Å². The van der Waals surface area contributed by atoms with E-state index in [1.807, 2.05) is 0 Å². The SMILES string of the molecule is COC[C@@]1(CO)C(=O)[C@@H]2CCN1CC2(C)C. The van der Waals surface area contributed by atoms with E-state index in [1.54, 1.807) is 7.11 Å². The van der Waals surface area contributed by atoms with Crippen molar-refractivity contribution in [2.24, 2.45) is 11.3 Å². The number of Topliss-reactive ketones (excluding diaryl/α,β-unsaturated/α-hetero) is 1. The van der Waals surface area contributed by atoms with Crippen molar-refractivity contribution < 1.29 is 14.6 Å². The number of hydrogen-bond acceptors (Lipinski definition) is 4. The predicted molar refractivity (Wildman–Crippen MR) is 60.2 cm³/mol. The number of hydrogen-bond donors (Lipinski definition) is 1. The normalized spacial score (nSPS) is 41.4. The number of nitrogens with zero attached hydrogens (tertiary/aromatic N) is 1. The molecule has 3 heterocycles. The van der Waals surface area contributed by atoms with Gasteiger partial charge in [0.25, 0.3) is 0 Å². The van der Waals surface area contributed by atoms with Crippen molar-refractivity contribution in [3.8, 4) is 0 Å². The molecule has 3 fully saturated rings. The van der Waals surface area contributed by atoms with E-state index in [9.17, 15) is 9.90 Å². The van der Waals surface area contributed by atoms with Crippen molar-refractivity contribution in [1.29, 1.82) is 0 Å². The minimum absolute atomic E-state index is 0.0295. The van der Waals surface area contributed by atoms with Crippen molar-refractivity contribution in [2.75, 3.05) is 33.4 Å². The summed E-state index contributed by atoms with van der Waals surface area (Å²) < 4.78 is 5.14. The van der Waals surface area contributed by atoms with E-state index in [0.29, 0.717) is 6.61 Å². The molecule has 4 nitrogen and oxygen atoms in total. The second-order valence-corrected chi connectivity index (χ2v) is 5.74. The van der Waals surface area contributed by atoms with Crippen LogP contribution in [0, 0.1) is 11.3 Å². The summed E-state index contributed by atoms with van der Waals surface area (Å²) in [5.74, 6) is 0.235. The lowest BCUT2D eigenvalue weighted by Gasteiger charge is -2.58. The highest BCUT2D eigenvalue weighted by Crippen LogP contribution is 2.46. The number of aliphatic hydroxyl groups excluding tert-OH is 1. The largest absolute Gasteiger partial charge is 0.394 e. The van der Waals surface area contributed by atoms with Crippen molar-refractivity contribution in [2.45, 2.75) is 25.8 Å². The van der Waals surface area contributed by atoms with Gasteiger partial charge >= 0.3 is 0 Å². The van der Waals surface area contributed by atoms with Gasteiger partial charge in [0.1, 0.15) is 5.54 Å². The van der Waals surface area contributed by atoms with Gasteiger partial charge in [-0.3, -0.25) is 9.69 Å². The number of methoxy groups -OCH3 is 1. The molecular formula is C12H21NO3. The fraction of sp³-hybridized carbons (Fsp3) is 0.917. The van der Waals surface area contributed by atoms with Crippen LogP contribution in [0.15, 0.2) is 0 Å². The van der Waals surface area contributed by atoms with Crippen LogP contribution in [-0.4, -0.2) is 54.7 Å². The monoisotopic (exact) mass is 227 g/mol. The summed E-state index contributed by atoms with van der Waals surface area (Å²) in [4.78, 5) is 14.6. The highest BCUT2D eigenvalue weighted by atomic mass is 16.5. The molecule has 1 unspecified atom stereocenters. The summed E-state index contributed by atoms with van der Waals surface area (Å²) in [7, 11) is 1.58. The third kappa shape index (κ3) is 1.44. The molecule has 0 radical (unpaired) electrons. The van der Waals surface area contributed by atoms with Gasteiger partial charge in [0.05, 0.1) is 13.2 Å². The molecule has 0 saturated carbocycles. The van der Waals surface area contributed by atoms with E-state index in [-0.39, 0.29) is 23.7 Å². The third-order valence-electron chi connectivity index (χ3n) is 4.25. The van der Waals surface area contributed by atoms with Crippen molar-refractivity contribution in [3.63, 3.8) is 0 Å². The Bertz CT molecular complexity index is 303. The number of rotatable bonds is 3. The Labute approximate surface area is 96.6 Å². The first-order chi connectivity index (χ1) is 7.48. The van der Waals surface area contributed by atoms with Gasteiger partial charge in [0, 0.05) is 26.1 Å². The second-order valence-electron chi connectivity index (χ2n) is 5.74. The summed E-state index contributed by atoms with van der Waals surface area (Å²) >= 11 is 0. The van der Waals surface area contributed by atoms with Crippen LogP contribution >= 0.6 is 0 Å². The van der Waals surface area contributed by atoms with Crippen LogP contribution in [0.3, 0.4) is 0 Å². The molecular weight excluding hydrogens is 206 g/mol. The summed E-state index contributed by atoms with van der Waals surface area (Å²) in [6, 6.07) is 0. The highest BCUT2D eigenvalue weighted by molar-refractivity contribution is 5.93. The van der Waals surface area contributed by atoms with E-state index < -0.39 is 5.54 Å². The van der Waals surface area contributed by atoms with Crippen molar-refractivity contribution >= 4 is 5.78 Å². The number of fused-ring (bicyclic) bond motifs is 3. The van der Waals surface area contributed by atoms with E-state index in [4.69, 9.17) is 4.74 Å². The molecule has 2 bridgehead atoms. The maximum atomic E-state index is 12.5. The van der Waals surface area contributed by atoms with Crippen LogP contribution in [0.4, 0.5) is 0 Å². The summed E-state index contributed by atoms with van der Waals surface area (Å²) in [6.45, 7) is 6.20. The van der Waals surface area contributed by atoms with Crippen LogP contribution in [0.1, 0.15) is 20.3 Å². The highest BCUT2D eigenvalue weighted by Gasteiger charge is 2.58. The average Bonchev–Trinajstić information content (AvgIpc) is 2.22. The first kappa shape index (κ1) is 12.0. The zero-order valence-corrected chi connectivity index (χ0v) is 10.3. The second kappa shape index (κ2) is 3.79. The number of carbonyl (C=O) groups is 1. The Morgan fingerprint density at radius 3 is 2.69 bits per heavy atom. The van der Waals surface area contributed by atoms with E-state index >= 15 is 0 Å². The van der Waals surface area contributed by atoms with Gasteiger partial charge in [0.2, 0.25) is 0 Å². The van der Waals surface area contributed by atoms with Crippen LogP contribution in [0.25, 0.3) is 0 Å². The van der Waals surface area contributed by atoms with E-state index in [0.717, 1.165) is 19.5 Å². The Hall–Kier alpha value is -0.450. The fourth-order valence-electron chi connectivity index (χ4n) is 3.31. The Morgan fingerprint density at radius 2 is 2.25 bits per heavy atom. The molecule has 16 heavy (non-hydrogen) atoms. The molecule has 3 rings (SSSR count). The summed E-state index contributed by atoms with van der Waals surface area (Å²) in [5.41, 5.74) is -0.741. The van der Waals surface area contributed by atoms with Gasteiger partial charge in [-0.25, -0.2) is 0 Å². The zero-order chi connectivity index (χ0) is 12.0. The summed E-state index contributed by atoms with van der Waals surface area (Å²) in [5, 5.41) is 9.59. The van der Waals surface area contributed by atoms with Gasteiger partial charge in [-0.1, -0.05) is 13.8 Å². The smallest absolute Gasteiger partial charge is 0.161 e. The first-order valence-corrected chi connectivity index (χ1v) is 5.87. The number of ketones is 1. The first-order valence-electron chi connectivity index (χ1n) is 5.87. The summed E-state index contributed by atoms with van der Waals surface area (Å²) in [6.07, 6.45) is 0.914. The lowest BCUT2D eigenvalue weighted by molar-refractivity contribution is -0.172. The van der Waals surface area contributed by atoms with Gasteiger partial charge < -0.3 is 9.84 Å². The minimum Gasteiger partial charge on any atom is -0.394 e. The van der Waals surface area contributed by atoms with Gasteiger partial charge in [0.15, 0.2) is 5.78 Å². The zero-order valence-electron chi connectivity index (χ0n) is 10.3.